The minimum absolute atomic E-state index is 0.0436. The molecule has 168 valence electrons. The molecule has 31 heavy (non-hydrogen) atoms. The average Bonchev–Trinajstić information content (AvgIpc) is 2.78. The van der Waals surface area contributed by atoms with Gasteiger partial charge in [0, 0.05) is 29.8 Å². The maximum Gasteiger partial charge on any atom is 0.253 e. The Kier molecular flexibility index (Phi) is 9.08. The molecule has 4 nitrogen and oxygen atoms in total. The number of carbonyl (C=O) groups is 1. The van der Waals surface area contributed by atoms with Gasteiger partial charge in [-0.2, -0.15) is 0 Å². The van der Waals surface area contributed by atoms with E-state index in [0.717, 1.165) is 56.4 Å². The molecule has 1 heterocycles. The zero-order valence-electron chi connectivity index (χ0n) is 18.6. The molecule has 0 radical (unpaired) electrons. The van der Waals surface area contributed by atoms with Crippen LogP contribution in [0.5, 0.6) is 5.75 Å². The quantitative estimate of drug-likeness (QED) is 0.421. The van der Waals surface area contributed by atoms with Crippen molar-refractivity contribution in [2.24, 2.45) is 0 Å². The summed E-state index contributed by atoms with van der Waals surface area (Å²) in [4.78, 5) is 15.7. The van der Waals surface area contributed by atoms with Crippen molar-refractivity contribution in [3.05, 3.63) is 58.6 Å². The summed E-state index contributed by atoms with van der Waals surface area (Å²) >= 11 is 6.28. The van der Waals surface area contributed by atoms with Crippen LogP contribution in [0.2, 0.25) is 5.02 Å². The highest BCUT2D eigenvalue weighted by Crippen LogP contribution is 2.27. The molecular formula is C26H35ClN2O2. The Labute approximate surface area is 191 Å². The van der Waals surface area contributed by atoms with Gasteiger partial charge in [-0.3, -0.25) is 4.79 Å². The minimum atomic E-state index is -0.0534. The number of benzene rings is 2. The third kappa shape index (κ3) is 7.17. The first-order chi connectivity index (χ1) is 15.1. The summed E-state index contributed by atoms with van der Waals surface area (Å²) in [6, 6.07) is 13.0. The van der Waals surface area contributed by atoms with E-state index >= 15 is 0 Å². The van der Waals surface area contributed by atoms with Gasteiger partial charge in [-0.05, 0) is 68.0 Å². The van der Waals surface area contributed by atoms with Gasteiger partial charge in [0.05, 0.1) is 5.56 Å². The van der Waals surface area contributed by atoms with Gasteiger partial charge in [-0.15, -0.1) is 0 Å². The molecule has 1 amide bonds. The Morgan fingerprint density at radius 1 is 1.06 bits per heavy atom. The number of aromatic hydroxyl groups is 1. The molecule has 2 aromatic rings. The number of nitrogens with one attached hydrogen (secondary N) is 1. The Morgan fingerprint density at radius 3 is 2.52 bits per heavy atom. The molecule has 1 saturated heterocycles. The van der Waals surface area contributed by atoms with Crippen LogP contribution in [0.15, 0.2) is 42.5 Å². The SMILES string of the molecule is CCCCCCC(Cc1ccc(O)cc1)NC(=O)c1cc(Cl)ccc1N1CCCCC1. The molecule has 1 aliphatic heterocycles. The molecule has 1 fully saturated rings. The van der Waals surface area contributed by atoms with Gasteiger partial charge in [0.2, 0.25) is 0 Å². The summed E-state index contributed by atoms with van der Waals surface area (Å²) in [5, 5.41) is 13.5. The molecule has 1 atom stereocenters. The molecule has 0 aromatic heterocycles. The van der Waals surface area contributed by atoms with E-state index < -0.39 is 0 Å². The first-order valence-electron chi connectivity index (χ1n) is 11.7. The van der Waals surface area contributed by atoms with E-state index in [0.29, 0.717) is 10.6 Å². The molecule has 1 unspecified atom stereocenters. The maximum absolute atomic E-state index is 13.4. The first kappa shape index (κ1) is 23.5. The number of hydrogen-bond acceptors (Lipinski definition) is 3. The molecule has 0 spiro atoms. The predicted octanol–water partition coefficient (Wildman–Crippen LogP) is 6.35. The lowest BCUT2D eigenvalue weighted by Crippen LogP contribution is -2.38. The standard InChI is InChI=1S/C26H35ClN2O2/c1-2-3-4-6-9-22(18-20-10-13-23(30)14-11-20)28-26(31)24-19-21(27)12-15-25(24)29-16-7-5-8-17-29/h10-15,19,22,30H,2-9,16-18H2,1H3,(H,28,31). The number of piperidine rings is 1. The second-order valence-electron chi connectivity index (χ2n) is 8.60. The summed E-state index contributed by atoms with van der Waals surface area (Å²) in [5.74, 6) is 0.208. The Balaban J connectivity index is 1.75. The minimum Gasteiger partial charge on any atom is -0.508 e. The van der Waals surface area contributed by atoms with Crippen molar-refractivity contribution in [1.29, 1.82) is 0 Å². The van der Waals surface area contributed by atoms with Crippen molar-refractivity contribution in [2.45, 2.75) is 70.8 Å². The van der Waals surface area contributed by atoms with E-state index in [9.17, 15) is 9.90 Å². The number of carbonyl (C=O) groups excluding carboxylic acids is 1. The summed E-state index contributed by atoms with van der Waals surface area (Å²) < 4.78 is 0. The Hall–Kier alpha value is -2.20. The molecule has 0 aliphatic carbocycles. The molecule has 0 saturated carbocycles. The highest BCUT2D eigenvalue weighted by molar-refractivity contribution is 6.31. The molecule has 2 N–H and O–H groups in total. The zero-order valence-corrected chi connectivity index (χ0v) is 19.3. The molecule has 5 heteroatoms. The smallest absolute Gasteiger partial charge is 0.253 e. The van der Waals surface area contributed by atoms with Gasteiger partial charge < -0.3 is 15.3 Å². The van der Waals surface area contributed by atoms with Gasteiger partial charge >= 0.3 is 0 Å². The lowest BCUT2D eigenvalue weighted by atomic mass is 9.99. The van der Waals surface area contributed by atoms with E-state index in [2.05, 4.69) is 17.1 Å². The van der Waals surface area contributed by atoms with Crippen molar-refractivity contribution in [3.63, 3.8) is 0 Å². The second-order valence-corrected chi connectivity index (χ2v) is 9.04. The highest BCUT2D eigenvalue weighted by Gasteiger charge is 2.21. The van der Waals surface area contributed by atoms with Gasteiger partial charge in [-0.25, -0.2) is 0 Å². The molecule has 2 aromatic carbocycles. The van der Waals surface area contributed by atoms with Crippen LogP contribution in [0, 0.1) is 0 Å². The number of anilines is 1. The van der Waals surface area contributed by atoms with E-state index in [-0.39, 0.29) is 17.7 Å². The number of amides is 1. The third-order valence-corrected chi connectivity index (χ3v) is 6.29. The lowest BCUT2D eigenvalue weighted by molar-refractivity contribution is 0.0934. The predicted molar refractivity (Wildman–Crippen MR) is 129 cm³/mol. The number of halogens is 1. The topological polar surface area (TPSA) is 52.6 Å². The van der Waals surface area contributed by atoms with Crippen LogP contribution >= 0.6 is 11.6 Å². The molecule has 1 aliphatic rings. The summed E-state index contributed by atoms with van der Waals surface area (Å²) in [6.07, 6.45) is 9.92. The monoisotopic (exact) mass is 442 g/mol. The Bertz CT molecular complexity index is 832. The fourth-order valence-electron chi connectivity index (χ4n) is 4.32. The van der Waals surface area contributed by atoms with Crippen molar-refractivity contribution >= 4 is 23.2 Å². The zero-order chi connectivity index (χ0) is 22.1. The number of rotatable bonds is 10. The van der Waals surface area contributed by atoms with Crippen LogP contribution in [-0.4, -0.2) is 30.1 Å². The van der Waals surface area contributed by atoms with Crippen molar-refractivity contribution < 1.29 is 9.90 Å². The van der Waals surface area contributed by atoms with Gasteiger partial charge in [0.15, 0.2) is 0 Å². The van der Waals surface area contributed by atoms with E-state index in [1.54, 1.807) is 18.2 Å². The number of unbranched alkanes of at least 4 members (excludes halogenated alkanes) is 3. The molecular weight excluding hydrogens is 408 g/mol. The van der Waals surface area contributed by atoms with E-state index in [1.165, 1.54) is 25.7 Å². The van der Waals surface area contributed by atoms with Crippen molar-refractivity contribution in [3.8, 4) is 5.75 Å². The van der Waals surface area contributed by atoms with Gasteiger partial charge in [-0.1, -0.05) is 56.3 Å². The van der Waals surface area contributed by atoms with E-state index in [1.807, 2.05) is 24.3 Å². The highest BCUT2D eigenvalue weighted by atomic mass is 35.5. The van der Waals surface area contributed by atoms with Crippen molar-refractivity contribution in [2.75, 3.05) is 18.0 Å². The normalized spacial score (nSPS) is 15.0. The van der Waals surface area contributed by atoms with Crippen LogP contribution in [-0.2, 0) is 6.42 Å². The molecule has 3 rings (SSSR count). The van der Waals surface area contributed by atoms with Crippen LogP contribution in [0.1, 0.15) is 74.2 Å². The Morgan fingerprint density at radius 2 is 1.81 bits per heavy atom. The summed E-state index contributed by atoms with van der Waals surface area (Å²) in [6.45, 7) is 4.17. The number of nitrogens with zero attached hydrogens (tertiary/aromatic N) is 1. The fourth-order valence-corrected chi connectivity index (χ4v) is 4.50. The number of hydrogen-bond donors (Lipinski definition) is 2. The summed E-state index contributed by atoms with van der Waals surface area (Å²) in [7, 11) is 0. The third-order valence-electron chi connectivity index (χ3n) is 6.06. The lowest BCUT2D eigenvalue weighted by Gasteiger charge is -2.31. The van der Waals surface area contributed by atoms with Crippen LogP contribution in [0.3, 0.4) is 0 Å². The number of phenols is 1. The van der Waals surface area contributed by atoms with E-state index in [4.69, 9.17) is 11.6 Å². The van der Waals surface area contributed by atoms with Crippen LogP contribution in [0.25, 0.3) is 0 Å². The van der Waals surface area contributed by atoms with Gasteiger partial charge in [0.1, 0.15) is 5.75 Å². The van der Waals surface area contributed by atoms with Crippen molar-refractivity contribution in [1.82, 2.24) is 5.32 Å². The van der Waals surface area contributed by atoms with Crippen LogP contribution in [0.4, 0.5) is 5.69 Å². The fraction of sp³-hybridized carbons (Fsp3) is 0.500. The summed E-state index contributed by atoms with van der Waals surface area (Å²) in [5.41, 5.74) is 2.76. The maximum atomic E-state index is 13.4. The van der Waals surface area contributed by atoms with Crippen LogP contribution < -0.4 is 10.2 Å². The van der Waals surface area contributed by atoms with Gasteiger partial charge in [0.25, 0.3) is 5.91 Å². The largest absolute Gasteiger partial charge is 0.508 e. The first-order valence-corrected chi connectivity index (χ1v) is 12.1. The molecule has 0 bridgehead atoms. The average molecular weight is 443 g/mol. The number of phenolic OH excluding ortho intramolecular Hbond substituents is 1. The second kappa shape index (κ2) is 12.0.